The second-order valence-corrected chi connectivity index (χ2v) is 7.04. The van der Waals surface area contributed by atoms with Gasteiger partial charge in [-0.05, 0) is 52.0 Å². The minimum absolute atomic E-state index is 0.00182. The summed E-state index contributed by atoms with van der Waals surface area (Å²) < 4.78 is 43.4. The molecule has 0 spiro atoms. The van der Waals surface area contributed by atoms with Gasteiger partial charge < -0.3 is 20.4 Å². The highest BCUT2D eigenvalue weighted by Gasteiger charge is 2.41. The van der Waals surface area contributed by atoms with E-state index in [1.807, 2.05) is 6.92 Å². The van der Waals surface area contributed by atoms with Crippen molar-refractivity contribution in [1.82, 2.24) is 16.0 Å². The number of furan rings is 1. The van der Waals surface area contributed by atoms with Gasteiger partial charge in [-0.25, -0.2) is 0 Å². The molecule has 0 aromatic carbocycles. The van der Waals surface area contributed by atoms with Gasteiger partial charge in [0.2, 0.25) is 0 Å². The molecule has 0 atom stereocenters. The number of hydrogen-bond acceptors (Lipinski definition) is 3. The fourth-order valence-corrected chi connectivity index (χ4v) is 3.24. The lowest BCUT2D eigenvalue weighted by Crippen LogP contribution is -2.46. The molecule has 0 bridgehead atoms. The molecule has 0 radical (unpaired) electrons. The summed E-state index contributed by atoms with van der Waals surface area (Å²) in [5.41, 5.74) is 0.786. The molecule has 1 aliphatic carbocycles. The van der Waals surface area contributed by atoms with Crippen LogP contribution in [0.25, 0.3) is 0 Å². The molecule has 3 N–H and O–H groups in total. The van der Waals surface area contributed by atoms with Gasteiger partial charge in [-0.2, -0.15) is 13.2 Å². The maximum Gasteiger partial charge on any atom is 0.391 e. The van der Waals surface area contributed by atoms with E-state index in [1.165, 1.54) is 6.26 Å². The number of rotatable bonds is 7. The first-order valence-corrected chi connectivity index (χ1v) is 9.75. The number of carbonyl (C=O) groups is 1. The van der Waals surface area contributed by atoms with Gasteiger partial charge in [0.1, 0.15) is 0 Å². The number of aryl methyl sites for hydroxylation is 1. The smallest absolute Gasteiger partial charge is 0.391 e. The first kappa shape index (κ1) is 22.1. The molecule has 158 valence electrons. The summed E-state index contributed by atoms with van der Waals surface area (Å²) in [5.74, 6) is -0.524. The highest BCUT2D eigenvalue weighted by molar-refractivity contribution is 5.92. The van der Waals surface area contributed by atoms with Crippen LogP contribution in [0.3, 0.4) is 0 Å². The Bertz CT molecular complexity index is 650. The summed E-state index contributed by atoms with van der Waals surface area (Å²) in [5, 5.41) is 9.13. The molecule has 1 aromatic heterocycles. The topological polar surface area (TPSA) is 78.7 Å². The summed E-state index contributed by atoms with van der Waals surface area (Å²) in [6.45, 7) is 5.35. The van der Waals surface area contributed by atoms with E-state index in [2.05, 4.69) is 20.9 Å². The number of guanidine groups is 1. The van der Waals surface area contributed by atoms with Crippen LogP contribution in [0.15, 0.2) is 21.7 Å². The van der Waals surface area contributed by atoms with E-state index in [0.717, 1.165) is 5.56 Å². The SMILES string of the molecule is CCNC(=NCCCNC(=O)c1occc1C)NC1CCC(C(F)(F)F)CC1. The van der Waals surface area contributed by atoms with Crippen LogP contribution in [0.1, 0.15) is 55.1 Å². The summed E-state index contributed by atoms with van der Waals surface area (Å²) in [6, 6.07) is 1.73. The van der Waals surface area contributed by atoms with Crippen molar-refractivity contribution in [3.8, 4) is 0 Å². The number of amides is 1. The lowest BCUT2D eigenvalue weighted by atomic mass is 9.85. The van der Waals surface area contributed by atoms with Crippen LogP contribution in [-0.2, 0) is 0 Å². The van der Waals surface area contributed by atoms with Crippen molar-refractivity contribution < 1.29 is 22.4 Å². The molecule has 0 unspecified atom stereocenters. The van der Waals surface area contributed by atoms with E-state index in [0.29, 0.717) is 50.6 Å². The Morgan fingerprint density at radius 1 is 1.25 bits per heavy atom. The molecule has 0 saturated heterocycles. The van der Waals surface area contributed by atoms with Gasteiger partial charge in [0.15, 0.2) is 11.7 Å². The van der Waals surface area contributed by atoms with E-state index in [9.17, 15) is 18.0 Å². The van der Waals surface area contributed by atoms with Crippen LogP contribution in [0.4, 0.5) is 13.2 Å². The third-order valence-electron chi connectivity index (χ3n) is 4.83. The van der Waals surface area contributed by atoms with Gasteiger partial charge in [0, 0.05) is 31.2 Å². The number of carbonyl (C=O) groups excluding carboxylic acids is 1. The highest BCUT2D eigenvalue weighted by atomic mass is 19.4. The molecule has 2 rings (SSSR count). The fourth-order valence-electron chi connectivity index (χ4n) is 3.24. The van der Waals surface area contributed by atoms with Crippen molar-refractivity contribution in [1.29, 1.82) is 0 Å². The monoisotopic (exact) mass is 402 g/mol. The zero-order valence-electron chi connectivity index (χ0n) is 16.4. The minimum Gasteiger partial charge on any atom is -0.459 e. The Labute approximate surface area is 163 Å². The summed E-state index contributed by atoms with van der Waals surface area (Å²) in [6.07, 6.45) is -0.714. The van der Waals surface area contributed by atoms with Gasteiger partial charge in [-0.3, -0.25) is 9.79 Å². The Hall–Kier alpha value is -2.19. The van der Waals surface area contributed by atoms with Crippen molar-refractivity contribution >= 4 is 11.9 Å². The van der Waals surface area contributed by atoms with E-state index in [4.69, 9.17) is 4.42 Å². The van der Waals surface area contributed by atoms with Crippen LogP contribution in [0.5, 0.6) is 0 Å². The molecule has 1 aliphatic rings. The van der Waals surface area contributed by atoms with Crippen molar-refractivity contribution in [2.24, 2.45) is 10.9 Å². The Morgan fingerprint density at radius 2 is 1.96 bits per heavy atom. The highest BCUT2D eigenvalue weighted by Crippen LogP contribution is 2.37. The lowest BCUT2D eigenvalue weighted by Gasteiger charge is -2.31. The molecular weight excluding hydrogens is 373 g/mol. The number of hydrogen-bond donors (Lipinski definition) is 3. The van der Waals surface area contributed by atoms with Crippen molar-refractivity contribution in [2.45, 2.75) is 58.2 Å². The quantitative estimate of drug-likeness (QED) is 0.371. The van der Waals surface area contributed by atoms with Crippen molar-refractivity contribution in [2.75, 3.05) is 19.6 Å². The molecule has 1 aromatic rings. The Kier molecular flexibility index (Phi) is 8.19. The number of aliphatic imine (C=N–C) groups is 1. The van der Waals surface area contributed by atoms with Crippen molar-refractivity contribution in [3.05, 3.63) is 23.7 Å². The van der Waals surface area contributed by atoms with Gasteiger partial charge in [0.05, 0.1) is 12.2 Å². The first-order valence-electron chi connectivity index (χ1n) is 9.75. The van der Waals surface area contributed by atoms with Crippen LogP contribution < -0.4 is 16.0 Å². The number of nitrogens with zero attached hydrogens (tertiary/aromatic N) is 1. The molecule has 1 heterocycles. The number of alkyl halides is 3. The maximum atomic E-state index is 12.8. The fraction of sp³-hybridized carbons (Fsp3) is 0.684. The normalized spacial score (nSPS) is 20.7. The van der Waals surface area contributed by atoms with Gasteiger partial charge in [-0.1, -0.05) is 0 Å². The summed E-state index contributed by atoms with van der Waals surface area (Å²) >= 11 is 0. The second-order valence-electron chi connectivity index (χ2n) is 7.04. The van der Waals surface area contributed by atoms with E-state index in [-0.39, 0.29) is 24.8 Å². The van der Waals surface area contributed by atoms with Gasteiger partial charge in [-0.15, -0.1) is 0 Å². The van der Waals surface area contributed by atoms with E-state index in [1.54, 1.807) is 13.0 Å². The van der Waals surface area contributed by atoms with Crippen LogP contribution in [-0.4, -0.2) is 43.7 Å². The zero-order chi connectivity index (χ0) is 20.6. The predicted octanol–water partition coefficient (Wildman–Crippen LogP) is 3.38. The Balaban J connectivity index is 1.72. The van der Waals surface area contributed by atoms with Gasteiger partial charge in [0.25, 0.3) is 5.91 Å². The summed E-state index contributed by atoms with van der Waals surface area (Å²) in [7, 11) is 0. The standard InChI is InChI=1S/C19H29F3N4O2/c1-3-23-18(26-15-7-5-14(6-8-15)19(20,21)22)25-11-4-10-24-17(27)16-13(2)9-12-28-16/h9,12,14-15H,3-8,10-11H2,1-2H3,(H,24,27)(H2,23,25,26). The number of nitrogens with one attached hydrogen (secondary N) is 3. The number of halogens is 3. The van der Waals surface area contributed by atoms with Gasteiger partial charge >= 0.3 is 6.18 Å². The average Bonchev–Trinajstić information content (AvgIpc) is 3.07. The molecule has 1 saturated carbocycles. The molecule has 1 amide bonds. The maximum absolute atomic E-state index is 12.8. The van der Waals surface area contributed by atoms with E-state index >= 15 is 0 Å². The molecule has 28 heavy (non-hydrogen) atoms. The minimum atomic E-state index is -4.10. The molecule has 6 nitrogen and oxygen atoms in total. The Morgan fingerprint density at radius 3 is 2.54 bits per heavy atom. The molecular formula is C19H29F3N4O2. The van der Waals surface area contributed by atoms with Crippen LogP contribution >= 0.6 is 0 Å². The largest absolute Gasteiger partial charge is 0.459 e. The molecule has 0 aliphatic heterocycles. The second kappa shape index (κ2) is 10.4. The van der Waals surface area contributed by atoms with Crippen LogP contribution in [0, 0.1) is 12.8 Å². The predicted molar refractivity (Wildman–Crippen MR) is 101 cm³/mol. The molecule has 9 heteroatoms. The lowest BCUT2D eigenvalue weighted by molar-refractivity contribution is -0.182. The third kappa shape index (κ3) is 6.76. The van der Waals surface area contributed by atoms with Crippen molar-refractivity contribution in [3.63, 3.8) is 0 Å². The third-order valence-corrected chi connectivity index (χ3v) is 4.83. The summed E-state index contributed by atoms with van der Waals surface area (Å²) in [4.78, 5) is 16.4. The van der Waals surface area contributed by atoms with E-state index < -0.39 is 12.1 Å². The zero-order valence-corrected chi connectivity index (χ0v) is 16.4. The first-order chi connectivity index (χ1) is 13.3. The molecule has 1 fully saturated rings. The van der Waals surface area contributed by atoms with Crippen LogP contribution in [0.2, 0.25) is 0 Å². The average molecular weight is 402 g/mol.